The SMILES string of the molecule is c1ccc(-c2ccccc2-c2ccccc2N(c2ccccc2)c2ccc3c(c2)c(N(c2ccccc2)c2ccc4ccccc4c2)cc2ccccc23)cc1. The zero-order valence-corrected chi connectivity index (χ0v) is 30.8. The van der Waals surface area contributed by atoms with E-state index in [-0.39, 0.29) is 0 Å². The molecule has 264 valence electrons. The smallest absolute Gasteiger partial charge is 0.0547 e. The van der Waals surface area contributed by atoms with Gasteiger partial charge in [-0.3, -0.25) is 0 Å². The van der Waals surface area contributed by atoms with Crippen LogP contribution in [0.2, 0.25) is 0 Å². The average molecular weight is 715 g/mol. The maximum atomic E-state index is 2.42. The Kier molecular flexibility index (Phi) is 8.55. The van der Waals surface area contributed by atoms with Gasteiger partial charge in [-0.1, -0.05) is 170 Å². The monoisotopic (exact) mass is 714 g/mol. The van der Waals surface area contributed by atoms with E-state index in [9.17, 15) is 0 Å². The van der Waals surface area contributed by atoms with Crippen molar-refractivity contribution >= 4 is 66.4 Å². The number of para-hydroxylation sites is 3. The fourth-order valence-electron chi connectivity index (χ4n) is 8.20. The second-order valence-corrected chi connectivity index (χ2v) is 14.1. The lowest BCUT2D eigenvalue weighted by Crippen LogP contribution is -2.13. The molecular weight excluding hydrogens is 677 g/mol. The first-order valence-corrected chi connectivity index (χ1v) is 19.2. The molecule has 2 heteroatoms. The van der Waals surface area contributed by atoms with Crippen molar-refractivity contribution in [2.24, 2.45) is 0 Å². The van der Waals surface area contributed by atoms with E-state index in [0.29, 0.717) is 0 Å². The number of hydrogen-bond acceptors (Lipinski definition) is 2. The van der Waals surface area contributed by atoms with Crippen molar-refractivity contribution < 1.29 is 0 Å². The molecule has 0 fully saturated rings. The molecule has 0 saturated carbocycles. The van der Waals surface area contributed by atoms with Crippen molar-refractivity contribution in [3.8, 4) is 22.3 Å². The van der Waals surface area contributed by atoms with Gasteiger partial charge in [0.05, 0.1) is 11.4 Å². The third kappa shape index (κ3) is 6.04. The van der Waals surface area contributed by atoms with Gasteiger partial charge in [0.2, 0.25) is 0 Å². The van der Waals surface area contributed by atoms with Gasteiger partial charge in [-0.25, -0.2) is 0 Å². The zero-order chi connectivity index (χ0) is 37.3. The molecule has 0 aliphatic heterocycles. The molecule has 10 aromatic carbocycles. The Hall–Kier alpha value is -7.42. The summed E-state index contributed by atoms with van der Waals surface area (Å²) in [7, 11) is 0. The van der Waals surface area contributed by atoms with Crippen LogP contribution in [0.25, 0.3) is 54.6 Å². The number of benzene rings is 10. The van der Waals surface area contributed by atoms with Gasteiger partial charge in [-0.2, -0.15) is 0 Å². The molecule has 0 bridgehead atoms. The van der Waals surface area contributed by atoms with Gasteiger partial charge >= 0.3 is 0 Å². The summed E-state index contributed by atoms with van der Waals surface area (Å²) in [5.41, 5.74) is 11.4. The molecule has 0 atom stereocenters. The third-order valence-corrected chi connectivity index (χ3v) is 10.8. The summed E-state index contributed by atoms with van der Waals surface area (Å²) >= 11 is 0. The van der Waals surface area contributed by atoms with Crippen LogP contribution in [0.15, 0.2) is 231 Å². The van der Waals surface area contributed by atoms with Gasteiger partial charge in [0.15, 0.2) is 0 Å². The Labute approximate surface area is 327 Å². The highest BCUT2D eigenvalue weighted by Crippen LogP contribution is 2.47. The molecule has 10 rings (SSSR count). The first kappa shape index (κ1) is 33.2. The molecule has 0 amide bonds. The third-order valence-electron chi connectivity index (χ3n) is 10.8. The van der Waals surface area contributed by atoms with E-state index in [4.69, 9.17) is 0 Å². The fraction of sp³-hybridized carbons (Fsp3) is 0. The molecular formula is C54H38N2. The predicted octanol–water partition coefficient (Wildman–Crippen LogP) is 15.4. The Bertz CT molecular complexity index is 2970. The largest absolute Gasteiger partial charge is 0.310 e. The highest BCUT2D eigenvalue weighted by molar-refractivity contribution is 6.16. The summed E-state index contributed by atoms with van der Waals surface area (Å²) in [6.45, 7) is 0. The number of hydrogen-bond donors (Lipinski definition) is 0. The van der Waals surface area contributed by atoms with Crippen molar-refractivity contribution in [3.05, 3.63) is 231 Å². The summed E-state index contributed by atoms with van der Waals surface area (Å²) in [6.07, 6.45) is 0. The topological polar surface area (TPSA) is 6.48 Å². The van der Waals surface area contributed by atoms with Crippen molar-refractivity contribution in [2.75, 3.05) is 9.80 Å². The lowest BCUT2D eigenvalue weighted by atomic mass is 9.93. The van der Waals surface area contributed by atoms with E-state index < -0.39 is 0 Å². The quantitative estimate of drug-likeness (QED) is 0.145. The summed E-state index contributed by atoms with van der Waals surface area (Å²) < 4.78 is 0. The van der Waals surface area contributed by atoms with Crippen molar-refractivity contribution in [1.29, 1.82) is 0 Å². The summed E-state index contributed by atoms with van der Waals surface area (Å²) in [5.74, 6) is 0. The number of nitrogens with zero attached hydrogens (tertiary/aromatic N) is 2. The molecule has 10 aromatic rings. The second kappa shape index (κ2) is 14.4. The zero-order valence-electron chi connectivity index (χ0n) is 30.8. The Morgan fingerprint density at radius 1 is 0.232 bits per heavy atom. The normalized spacial score (nSPS) is 11.2. The Balaban J connectivity index is 1.24. The van der Waals surface area contributed by atoms with Gasteiger partial charge in [-0.05, 0) is 104 Å². The van der Waals surface area contributed by atoms with Crippen molar-refractivity contribution in [3.63, 3.8) is 0 Å². The molecule has 2 nitrogen and oxygen atoms in total. The minimum atomic E-state index is 1.08. The van der Waals surface area contributed by atoms with Crippen LogP contribution < -0.4 is 9.80 Å². The summed E-state index contributed by atoms with van der Waals surface area (Å²) in [4.78, 5) is 4.83. The molecule has 0 unspecified atom stereocenters. The molecule has 0 aliphatic carbocycles. The van der Waals surface area contributed by atoms with Crippen molar-refractivity contribution in [2.45, 2.75) is 0 Å². The lowest BCUT2D eigenvalue weighted by Gasteiger charge is -2.30. The standard InChI is InChI=1S/C54H38N2/c1-4-19-40(20-5-1)47-27-14-15-29-49(47)51-30-16-17-31-53(51)55(43-23-6-2-7-24-43)46-34-35-50-48-28-13-12-22-42(48)37-54(52(50)38-46)56(44-25-8-3-9-26-44)45-33-32-39-18-10-11-21-41(39)36-45/h1-38H. The van der Waals surface area contributed by atoms with Crippen LogP contribution in [0, 0.1) is 0 Å². The highest BCUT2D eigenvalue weighted by Gasteiger charge is 2.22. The van der Waals surface area contributed by atoms with Crippen LogP contribution in [0.4, 0.5) is 34.1 Å². The van der Waals surface area contributed by atoms with Gasteiger partial charge < -0.3 is 9.80 Å². The van der Waals surface area contributed by atoms with Gasteiger partial charge in [0, 0.05) is 33.7 Å². The predicted molar refractivity (Wildman–Crippen MR) is 239 cm³/mol. The molecule has 0 aliphatic rings. The van der Waals surface area contributed by atoms with Crippen LogP contribution in [0.5, 0.6) is 0 Å². The summed E-state index contributed by atoms with van der Waals surface area (Å²) in [5, 5.41) is 7.24. The maximum Gasteiger partial charge on any atom is 0.0547 e. The van der Waals surface area contributed by atoms with E-state index in [0.717, 1.165) is 39.7 Å². The van der Waals surface area contributed by atoms with Crippen molar-refractivity contribution in [1.82, 2.24) is 0 Å². The first-order chi connectivity index (χ1) is 27.8. The molecule has 0 heterocycles. The van der Waals surface area contributed by atoms with Crippen LogP contribution in [-0.4, -0.2) is 0 Å². The Morgan fingerprint density at radius 2 is 0.750 bits per heavy atom. The van der Waals surface area contributed by atoms with Crippen LogP contribution in [0.1, 0.15) is 0 Å². The number of rotatable bonds is 8. The van der Waals surface area contributed by atoms with E-state index in [2.05, 4.69) is 240 Å². The van der Waals surface area contributed by atoms with Crippen LogP contribution >= 0.6 is 0 Å². The van der Waals surface area contributed by atoms with Gasteiger partial charge in [-0.15, -0.1) is 0 Å². The van der Waals surface area contributed by atoms with E-state index >= 15 is 0 Å². The minimum Gasteiger partial charge on any atom is -0.310 e. The fourth-order valence-corrected chi connectivity index (χ4v) is 8.20. The average Bonchev–Trinajstić information content (AvgIpc) is 3.28. The Morgan fingerprint density at radius 3 is 1.48 bits per heavy atom. The van der Waals surface area contributed by atoms with Crippen LogP contribution in [0.3, 0.4) is 0 Å². The summed E-state index contributed by atoms with van der Waals surface area (Å²) in [6, 6.07) is 83.2. The van der Waals surface area contributed by atoms with E-state index in [1.165, 1.54) is 49.0 Å². The molecule has 0 N–H and O–H groups in total. The second-order valence-electron chi connectivity index (χ2n) is 14.1. The minimum absolute atomic E-state index is 1.08. The first-order valence-electron chi connectivity index (χ1n) is 19.2. The van der Waals surface area contributed by atoms with Gasteiger partial charge in [0.1, 0.15) is 0 Å². The molecule has 0 saturated heterocycles. The molecule has 0 radical (unpaired) electrons. The maximum absolute atomic E-state index is 2.42. The number of fused-ring (bicyclic) bond motifs is 4. The highest BCUT2D eigenvalue weighted by atomic mass is 15.2. The van der Waals surface area contributed by atoms with Crippen LogP contribution in [-0.2, 0) is 0 Å². The van der Waals surface area contributed by atoms with Gasteiger partial charge in [0.25, 0.3) is 0 Å². The van der Waals surface area contributed by atoms with E-state index in [1.807, 2.05) is 0 Å². The molecule has 56 heavy (non-hydrogen) atoms. The van der Waals surface area contributed by atoms with E-state index in [1.54, 1.807) is 0 Å². The lowest BCUT2D eigenvalue weighted by molar-refractivity contribution is 1.28. The molecule has 0 spiro atoms. The molecule has 0 aromatic heterocycles. The number of anilines is 6.